The summed E-state index contributed by atoms with van der Waals surface area (Å²) < 4.78 is 12.5. The van der Waals surface area contributed by atoms with Crippen molar-refractivity contribution in [2.45, 2.75) is 31.0 Å². The van der Waals surface area contributed by atoms with Crippen LogP contribution >= 0.6 is 0 Å². The smallest absolute Gasteiger partial charge is 0.164 e. The number of aromatic nitrogens is 3. The van der Waals surface area contributed by atoms with Crippen LogP contribution in [0.1, 0.15) is 17.5 Å². The van der Waals surface area contributed by atoms with Crippen molar-refractivity contribution < 1.29 is 24.8 Å². The van der Waals surface area contributed by atoms with E-state index in [2.05, 4.69) is 9.97 Å². The Morgan fingerprint density at radius 3 is 2.56 bits per heavy atom. The summed E-state index contributed by atoms with van der Waals surface area (Å²) in [5, 5.41) is 30.4. The minimum absolute atomic E-state index is 0.369. The molecule has 1 aromatic carbocycles. The predicted octanol–water partition coefficient (Wildman–Crippen LogP) is 0.642. The zero-order valence-corrected chi connectivity index (χ0v) is 14.8. The molecule has 1 aliphatic heterocycles. The second-order valence-corrected chi connectivity index (χ2v) is 6.53. The monoisotopic (exact) mass is 371 g/mol. The van der Waals surface area contributed by atoms with E-state index < -0.39 is 24.5 Å². The second-order valence-electron chi connectivity index (χ2n) is 6.53. The molecule has 2 aromatic heterocycles. The molecule has 8 heteroatoms. The van der Waals surface area contributed by atoms with Gasteiger partial charge in [0.15, 0.2) is 6.23 Å². The highest BCUT2D eigenvalue weighted by Gasteiger charge is 2.43. The molecule has 0 saturated carbocycles. The van der Waals surface area contributed by atoms with Crippen molar-refractivity contribution in [3.05, 3.63) is 54.1 Å². The van der Waals surface area contributed by atoms with E-state index in [1.807, 2.05) is 30.3 Å². The molecule has 3 N–H and O–H groups in total. The minimum Gasteiger partial charge on any atom is -0.497 e. The number of ether oxygens (including phenoxy) is 2. The Hall–Kier alpha value is -2.52. The van der Waals surface area contributed by atoms with Gasteiger partial charge in [0.1, 0.15) is 36.0 Å². The highest BCUT2D eigenvalue weighted by molar-refractivity contribution is 5.79. The summed E-state index contributed by atoms with van der Waals surface area (Å²) in [5.74, 6) is 0.794. The molecule has 4 atom stereocenters. The zero-order chi connectivity index (χ0) is 19.0. The van der Waals surface area contributed by atoms with Gasteiger partial charge in [0.05, 0.1) is 19.4 Å². The molecule has 1 saturated heterocycles. The molecule has 0 amide bonds. The third-order valence-electron chi connectivity index (χ3n) is 4.91. The number of aliphatic hydroxyl groups is 3. The van der Waals surface area contributed by atoms with Gasteiger partial charge in [0.2, 0.25) is 0 Å². The van der Waals surface area contributed by atoms with E-state index in [0.717, 1.165) is 22.4 Å². The van der Waals surface area contributed by atoms with Crippen LogP contribution < -0.4 is 4.74 Å². The number of benzene rings is 1. The van der Waals surface area contributed by atoms with Gasteiger partial charge in [-0.3, -0.25) is 0 Å². The van der Waals surface area contributed by atoms with Gasteiger partial charge < -0.3 is 29.4 Å². The molecule has 0 bridgehead atoms. The van der Waals surface area contributed by atoms with Crippen molar-refractivity contribution in [2.24, 2.45) is 0 Å². The molecular weight excluding hydrogens is 350 g/mol. The van der Waals surface area contributed by atoms with E-state index in [1.165, 1.54) is 6.33 Å². The van der Waals surface area contributed by atoms with Crippen molar-refractivity contribution in [3.8, 4) is 5.75 Å². The molecule has 27 heavy (non-hydrogen) atoms. The van der Waals surface area contributed by atoms with Crippen molar-refractivity contribution >= 4 is 11.0 Å². The first kappa shape index (κ1) is 17.9. The van der Waals surface area contributed by atoms with Gasteiger partial charge in [-0.15, -0.1) is 0 Å². The summed E-state index contributed by atoms with van der Waals surface area (Å²) in [6.07, 6.45) is -0.128. The molecule has 1 fully saturated rings. The summed E-state index contributed by atoms with van der Waals surface area (Å²) >= 11 is 0. The van der Waals surface area contributed by atoms with E-state index >= 15 is 0 Å². The normalized spacial score (nSPS) is 25.2. The van der Waals surface area contributed by atoms with Crippen LogP contribution in [0.2, 0.25) is 0 Å². The van der Waals surface area contributed by atoms with Crippen LogP contribution in [0.5, 0.6) is 5.75 Å². The van der Waals surface area contributed by atoms with Gasteiger partial charge in [0, 0.05) is 18.0 Å². The fourth-order valence-electron chi connectivity index (χ4n) is 3.42. The van der Waals surface area contributed by atoms with E-state index in [-0.39, 0.29) is 6.61 Å². The molecule has 0 aliphatic carbocycles. The maximum absolute atomic E-state index is 10.3. The van der Waals surface area contributed by atoms with Crippen molar-refractivity contribution in [1.29, 1.82) is 0 Å². The summed E-state index contributed by atoms with van der Waals surface area (Å²) in [7, 11) is 1.63. The van der Waals surface area contributed by atoms with Crippen LogP contribution in [0.3, 0.4) is 0 Å². The lowest BCUT2D eigenvalue weighted by molar-refractivity contribution is -0.0508. The molecule has 1 aliphatic rings. The molecule has 3 heterocycles. The third-order valence-corrected chi connectivity index (χ3v) is 4.91. The lowest BCUT2D eigenvalue weighted by Crippen LogP contribution is -2.33. The average molecular weight is 371 g/mol. The number of aliphatic hydroxyl groups excluding tert-OH is 3. The van der Waals surface area contributed by atoms with Crippen LogP contribution in [0.4, 0.5) is 0 Å². The van der Waals surface area contributed by atoms with Gasteiger partial charge >= 0.3 is 0 Å². The first-order valence-electron chi connectivity index (χ1n) is 8.68. The Balaban J connectivity index is 1.65. The molecular formula is C19H21N3O5. The number of methoxy groups -OCH3 is 1. The largest absolute Gasteiger partial charge is 0.497 e. The first-order valence-corrected chi connectivity index (χ1v) is 8.68. The van der Waals surface area contributed by atoms with Gasteiger partial charge in [-0.1, -0.05) is 12.1 Å². The molecule has 142 valence electrons. The molecule has 0 spiro atoms. The van der Waals surface area contributed by atoms with Crippen LogP contribution in [-0.2, 0) is 11.2 Å². The minimum atomic E-state index is -1.15. The number of rotatable bonds is 5. The predicted molar refractivity (Wildman–Crippen MR) is 96.3 cm³/mol. The molecule has 8 nitrogen and oxygen atoms in total. The maximum atomic E-state index is 10.3. The van der Waals surface area contributed by atoms with Crippen LogP contribution in [-0.4, -0.2) is 61.9 Å². The van der Waals surface area contributed by atoms with Crippen LogP contribution in [0, 0.1) is 0 Å². The van der Waals surface area contributed by atoms with Gasteiger partial charge in [-0.25, -0.2) is 9.97 Å². The summed E-state index contributed by atoms with van der Waals surface area (Å²) in [5.41, 5.74) is 2.52. The standard InChI is InChI=1S/C19H21N3O5/c1-26-12-4-2-11(3-5-12)8-14-13-6-7-22(18(13)21-10-20-14)19-17(25)16(24)15(9-23)27-19/h2-7,10,15-17,19,23-25H,8-9H2,1H3/t15-,16-,17-,19-/m1/s1. The SMILES string of the molecule is COc1ccc(Cc2ncnc3c2ccn3[C@@H]2O[C@H](CO)[C@@H](O)[C@H]2O)cc1. The Kier molecular flexibility index (Phi) is 4.79. The van der Waals surface area contributed by atoms with Gasteiger partial charge in [-0.2, -0.15) is 0 Å². The van der Waals surface area contributed by atoms with Crippen molar-refractivity contribution in [3.63, 3.8) is 0 Å². The molecule has 3 aromatic rings. The molecule has 0 radical (unpaired) electrons. The van der Waals surface area contributed by atoms with E-state index in [4.69, 9.17) is 9.47 Å². The summed E-state index contributed by atoms with van der Waals surface area (Å²) in [6, 6.07) is 9.63. The Morgan fingerprint density at radius 1 is 1.11 bits per heavy atom. The quantitative estimate of drug-likeness (QED) is 0.604. The highest BCUT2D eigenvalue weighted by Crippen LogP contribution is 2.32. The lowest BCUT2D eigenvalue weighted by Gasteiger charge is -2.17. The van der Waals surface area contributed by atoms with Gasteiger partial charge in [0.25, 0.3) is 0 Å². The number of hydrogen-bond acceptors (Lipinski definition) is 7. The van der Waals surface area contributed by atoms with E-state index in [1.54, 1.807) is 17.9 Å². The van der Waals surface area contributed by atoms with Crippen LogP contribution in [0.15, 0.2) is 42.9 Å². The fourth-order valence-corrected chi connectivity index (χ4v) is 3.42. The zero-order valence-electron chi connectivity index (χ0n) is 14.8. The highest BCUT2D eigenvalue weighted by atomic mass is 16.6. The van der Waals surface area contributed by atoms with E-state index in [9.17, 15) is 15.3 Å². The fraction of sp³-hybridized carbons (Fsp3) is 0.368. The molecule has 4 rings (SSSR count). The molecule has 0 unspecified atom stereocenters. The Bertz CT molecular complexity index is 927. The maximum Gasteiger partial charge on any atom is 0.164 e. The number of hydrogen-bond donors (Lipinski definition) is 3. The summed E-state index contributed by atoms with van der Waals surface area (Å²) in [4.78, 5) is 8.72. The van der Waals surface area contributed by atoms with E-state index in [0.29, 0.717) is 12.1 Å². The van der Waals surface area contributed by atoms with Crippen molar-refractivity contribution in [2.75, 3.05) is 13.7 Å². The summed E-state index contributed by atoms with van der Waals surface area (Å²) in [6.45, 7) is -0.369. The lowest BCUT2D eigenvalue weighted by atomic mass is 10.1. The van der Waals surface area contributed by atoms with Gasteiger partial charge in [-0.05, 0) is 23.8 Å². The number of nitrogens with zero attached hydrogens (tertiary/aromatic N) is 3. The van der Waals surface area contributed by atoms with Crippen molar-refractivity contribution in [1.82, 2.24) is 14.5 Å². The second kappa shape index (κ2) is 7.24. The third kappa shape index (κ3) is 3.17. The van der Waals surface area contributed by atoms with Crippen LogP contribution in [0.25, 0.3) is 11.0 Å². The topological polar surface area (TPSA) is 110 Å². The Morgan fingerprint density at radius 2 is 1.89 bits per heavy atom. The first-order chi connectivity index (χ1) is 13.1. The Labute approximate surface area is 155 Å². The number of fused-ring (bicyclic) bond motifs is 1. The average Bonchev–Trinajstić information content (AvgIpc) is 3.25.